The SMILES string of the molecule is CCC(C)(C(N)c1cccc2ccccc12)N1CCCC1. The van der Waals surface area contributed by atoms with Gasteiger partial charge in [0.25, 0.3) is 0 Å². The van der Waals surface area contributed by atoms with E-state index in [1.54, 1.807) is 0 Å². The first-order valence-electron chi connectivity index (χ1n) is 8.15. The average molecular weight is 282 g/mol. The molecule has 1 saturated heterocycles. The molecule has 2 N–H and O–H groups in total. The molecule has 112 valence electrons. The van der Waals surface area contributed by atoms with Gasteiger partial charge in [0.05, 0.1) is 0 Å². The molecule has 2 nitrogen and oxygen atoms in total. The minimum absolute atomic E-state index is 0.0423. The zero-order chi connectivity index (χ0) is 14.9. The van der Waals surface area contributed by atoms with E-state index in [-0.39, 0.29) is 11.6 Å². The molecule has 0 saturated carbocycles. The van der Waals surface area contributed by atoms with Gasteiger partial charge in [0, 0.05) is 11.6 Å². The molecule has 0 aliphatic carbocycles. The lowest BCUT2D eigenvalue weighted by atomic mass is 9.82. The van der Waals surface area contributed by atoms with Crippen molar-refractivity contribution in [2.24, 2.45) is 5.73 Å². The van der Waals surface area contributed by atoms with Crippen LogP contribution in [0.25, 0.3) is 10.8 Å². The fourth-order valence-electron chi connectivity index (χ4n) is 3.72. The summed E-state index contributed by atoms with van der Waals surface area (Å²) in [5.74, 6) is 0. The molecule has 1 aliphatic rings. The Morgan fingerprint density at radius 1 is 1.10 bits per heavy atom. The Bertz CT molecular complexity index is 610. The fraction of sp³-hybridized carbons (Fsp3) is 0.474. The molecule has 0 aromatic heterocycles. The second-order valence-electron chi connectivity index (χ2n) is 6.45. The molecule has 0 bridgehead atoms. The van der Waals surface area contributed by atoms with Crippen LogP contribution in [0.3, 0.4) is 0 Å². The van der Waals surface area contributed by atoms with Crippen molar-refractivity contribution in [3.05, 3.63) is 48.0 Å². The third-order valence-corrected chi connectivity index (χ3v) is 5.37. The first kappa shape index (κ1) is 14.6. The first-order valence-corrected chi connectivity index (χ1v) is 8.15. The second kappa shape index (κ2) is 5.78. The topological polar surface area (TPSA) is 29.3 Å². The van der Waals surface area contributed by atoms with Crippen LogP contribution < -0.4 is 5.73 Å². The van der Waals surface area contributed by atoms with E-state index in [2.05, 4.69) is 61.2 Å². The highest BCUT2D eigenvalue weighted by Gasteiger charge is 2.38. The van der Waals surface area contributed by atoms with Gasteiger partial charge in [0.15, 0.2) is 0 Å². The van der Waals surface area contributed by atoms with Crippen molar-refractivity contribution in [2.75, 3.05) is 13.1 Å². The second-order valence-corrected chi connectivity index (χ2v) is 6.45. The molecule has 0 radical (unpaired) electrons. The highest BCUT2D eigenvalue weighted by molar-refractivity contribution is 5.86. The lowest BCUT2D eigenvalue weighted by Gasteiger charge is -2.43. The molecular weight excluding hydrogens is 256 g/mol. The monoisotopic (exact) mass is 282 g/mol. The van der Waals surface area contributed by atoms with Crippen LogP contribution in [-0.4, -0.2) is 23.5 Å². The predicted octanol–water partition coefficient (Wildman–Crippen LogP) is 4.10. The summed E-state index contributed by atoms with van der Waals surface area (Å²) in [5, 5.41) is 2.58. The number of rotatable bonds is 4. The van der Waals surface area contributed by atoms with Crippen LogP contribution in [0.5, 0.6) is 0 Å². The number of hydrogen-bond donors (Lipinski definition) is 1. The van der Waals surface area contributed by atoms with Crippen molar-refractivity contribution in [1.29, 1.82) is 0 Å². The third-order valence-electron chi connectivity index (χ3n) is 5.37. The highest BCUT2D eigenvalue weighted by atomic mass is 15.2. The summed E-state index contributed by atoms with van der Waals surface area (Å²) in [6.45, 7) is 6.97. The zero-order valence-corrected chi connectivity index (χ0v) is 13.2. The molecule has 1 fully saturated rings. The predicted molar refractivity (Wildman–Crippen MR) is 90.4 cm³/mol. The third kappa shape index (κ3) is 2.47. The van der Waals surface area contributed by atoms with Crippen molar-refractivity contribution >= 4 is 10.8 Å². The van der Waals surface area contributed by atoms with Crippen molar-refractivity contribution in [3.63, 3.8) is 0 Å². The Morgan fingerprint density at radius 3 is 2.48 bits per heavy atom. The van der Waals surface area contributed by atoms with E-state index < -0.39 is 0 Å². The van der Waals surface area contributed by atoms with Gasteiger partial charge in [-0.2, -0.15) is 0 Å². The largest absolute Gasteiger partial charge is 0.322 e. The number of nitrogens with zero attached hydrogens (tertiary/aromatic N) is 1. The van der Waals surface area contributed by atoms with Gasteiger partial charge in [0.1, 0.15) is 0 Å². The zero-order valence-electron chi connectivity index (χ0n) is 13.2. The lowest BCUT2D eigenvalue weighted by Crippen LogP contribution is -2.51. The molecule has 2 unspecified atom stereocenters. The number of fused-ring (bicyclic) bond motifs is 1. The Labute approximate surface area is 127 Å². The Balaban J connectivity index is 2.04. The van der Waals surface area contributed by atoms with Crippen LogP contribution in [-0.2, 0) is 0 Å². The van der Waals surface area contributed by atoms with Crippen LogP contribution in [0.15, 0.2) is 42.5 Å². The number of nitrogens with two attached hydrogens (primary N) is 1. The minimum Gasteiger partial charge on any atom is -0.322 e. The van der Waals surface area contributed by atoms with Crippen molar-refractivity contribution < 1.29 is 0 Å². The van der Waals surface area contributed by atoms with Crippen LogP contribution in [0.1, 0.15) is 44.7 Å². The van der Waals surface area contributed by atoms with Gasteiger partial charge < -0.3 is 5.73 Å². The van der Waals surface area contributed by atoms with E-state index in [1.165, 1.54) is 42.3 Å². The molecule has 21 heavy (non-hydrogen) atoms. The standard InChI is InChI=1S/C19H26N2/c1-3-19(2,21-13-6-7-14-21)18(20)17-12-8-10-15-9-4-5-11-16(15)17/h4-5,8-12,18H,3,6-7,13-14,20H2,1-2H3. The van der Waals surface area contributed by atoms with E-state index in [0.717, 1.165) is 6.42 Å². The summed E-state index contributed by atoms with van der Waals surface area (Å²) >= 11 is 0. The Hall–Kier alpha value is -1.38. The summed E-state index contributed by atoms with van der Waals surface area (Å²) in [7, 11) is 0. The maximum atomic E-state index is 6.79. The number of hydrogen-bond acceptors (Lipinski definition) is 2. The van der Waals surface area contributed by atoms with Crippen LogP contribution in [0.4, 0.5) is 0 Å². The summed E-state index contributed by atoms with van der Waals surface area (Å²) in [5.41, 5.74) is 8.11. The normalized spacial score (nSPS) is 20.5. The molecule has 2 heteroatoms. The molecule has 0 spiro atoms. The van der Waals surface area contributed by atoms with Gasteiger partial charge in [-0.25, -0.2) is 0 Å². The molecule has 0 amide bonds. The maximum Gasteiger partial charge on any atom is 0.0485 e. The molecule has 1 aliphatic heterocycles. The van der Waals surface area contributed by atoms with Gasteiger partial charge in [0.2, 0.25) is 0 Å². The first-order chi connectivity index (χ1) is 10.2. The summed E-state index contributed by atoms with van der Waals surface area (Å²) in [4.78, 5) is 2.60. The number of likely N-dealkylation sites (tertiary alicyclic amines) is 1. The average Bonchev–Trinajstić information content (AvgIpc) is 3.08. The molecule has 2 aromatic rings. The van der Waals surface area contributed by atoms with Crippen LogP contribution >= 0.6 is 0 Å². The van der Waals surface area contributed by atoms with Crippen LogP contribution in [0.2, 0.25) is 0 Å². The quantitative estimate of drug-likeness (QED) is 0.914. The van der Waals surface area contributed by atoms with E-state index in [0.29, 0.717) is 0 Å². The fourth-order valence-corrected chi connectivity index (χ4v) is 3.72. The van der Waals surface area contributed by atoms with Gasteiger partial charge in [-0.3, -0.25) is 4.90 Å². The van der Waals surface area contributed by atoms with E-state index >= 15 is 0 Å². The molecular formula is C19H26N2. The summed E-state index contributed by atoms with van der Waals surface area (Å²) in [6.07, 6.45) is 3.69. The van der Waals surface area contributed by atoms with Gasteiger partial charge in [-0.15, -0.1) is 0 Å². The molecule has 2 atom stereocenters. The van der Waals surface area contributed by atoms with Gasteiger partial charge in [-0.05, 0) is 55.6 Å². The Kier molecular flexibility index (Phi) is 4.01. The molecule has 1 heterocycles. The van der Waals surface area contributed by atoms with E-state index in [9.17, 15) is 0 Å². The smallest absolute Gasteiger partial charge is 0.0485 e. The summed E-state index contributed by atoms with van der Waals surface area (Å²) in [6, 6.07) is 15.1. The number of benzene rings is 2. The van der Waals surface area contributed by atoms with Crippen LogP contribution in [0, 0.1) is 0 Å². The summed E-state index contributed by atoms with van der Waals surface area (Å²) < 4.78 is 0. The van der Waals surface area contributed by atoms with Crippen molar-refractivity contribution in [2.45, 2.75) is 44.7 Å². The van der Waals surface area contributed by atoms with Crippen molar-refractivity contribution in [1.82, 2.24) is 4.90 Å². The minimum atomic E-state index is 0.0423. The molecule has 3 rings (SSSR count). The van der Waals surface area contributed by atoms with Crippen molar-refractivity contribution in [3.8, 4) is 0 Å². The lowest BCUT2D eigenvalue weighted by molar-refractivity contribution is 0.101. The van der Waals surface area contributed by atoms with Gasteiger partial charge in [-0.1, -0.05) is 49.4 Å². The highest BCUT2D eigenvalue weighted by Crippen LogP contribution is 2.37. The molecule has 2 aromatic carbocycles. The van der Waals surface area contributed by atoms with E-state index in [1.807, 2.05) is 0 Å². The maximum absolute atomic E-state index is 6.79. The van der Waals surface area contributed by atoms with E-state index in [4.69, 9.17) is 5.73 Å². The van der Waals surface area contributed by atoms with Gasteiger partial charge >= 0.3 is 0 Å². The Morgan fingerprint density at radius 2 is 1.76 bits per heavy atom.